The van der Waals surface area contributed by atoms with Crippen LogP contribution in [0, 0.1) is 20.8 Å². The Morgan fingerprint density at radius 2 is 1.71 bits per heavy atom. The summed E-state index contributed by atoms with van der Waals surface area (Å²) in [5.41, 5.74) is 5.99. The van der Waals surface area contributed by atoms with E-state index in [2.05, 4.69) is 10.5 Å². The molecular formula is C25H27N3O5S. The number of hydrazone groups is 1. The zero-order chi connectivity index (χ0) is 24.9. The number of carbonyl (C=O) groups excluding carboxylic acids is 1. The van der Waals surface area contributed by atoms with Gasteiger partial charge in [-0.2, -0.15) is 5.10 Å². The molecule has 3 aromatic rings. The Bertz CT molecular complexity index is 1320. The normalized spacial score (nSPS) is 11.4. The van der Waals surface area contributed by atoms with Gasteiger partial charge in [-0.3, -0.25) is 9.10 Å². The number of rotatable bonds is 8. The van der Waals surface area contributed by atoms with Gasteiger partial charge in [0.25, 0.3) is 15.9 Å². The summed E-state index contributed by atoms with van der Waals surface area (Å²) in [6.45, 7) is 5.12. The molecule has 0 spiro atoms. The average Bonchev–Trinajstić information content (AvgIpc) is 2.79. The van der Waals surface area contributed by atoms with Crippen LogP contribution in [0.1, 0.15) is 22.3 Å². The van der Waals surface area contributed by atoms with Crippen LogP contribution in [0.3, 0.4) is 0 Å². The third-order valence-electron chi connectivity index (χ3n) is 5.12. The Labute approximate surface area is 199 Å². The van der Waals surface area contributed by atoms with Gasteiger partial charge in [0.05, 0.1) is 23.9 Å². The molecule has 0 unspecified atom stereocenters. The highest BCUT2D eigenvalue weighted by atomic mass is 32.2. The number of carbonyl (C=O) groups is 1. The van der Waals surface area contributed by atoms with E-state index in [0.717, 1.165) is 21.0 Å². The number of phenols is 1. The molecule has 0 aromatic heterocycles. The number of benzene rings is 3. The van der Waals surface area contributed by atoms with E-state index in [1.54, 1.807) is 43.3 Å². The molecule has 8 nitrogen and oxygen atoms in total. The quantitative estimate of drug-likeness (QED) is 0.377. The molecule has 0 aliphatic rings. The van der Waals surface area contributed by atoms with Gasteiger partial charge in [-0.1, -0.05) is 35.4 Å². The van der Waals surface area contributed by atoms with Crippen molar-refractivity contribution in [1.82, 2.24) is 5.43 Å². The van der Waals surface area contributed by atoms with Gasteiger partial charge in [-0.15, -0.1) is 0 Å². The number of ether oxygens (including phenoxy) is 1. The molecule has 0 bridgehead atoms. The number of hydrogen-bond donors (Lipinski definition) is 2. The van der Waals surface area contributed by atoms with E-state index in [1.807, 2.05) is 19.9 Å². The Morgan fingerprint density at radius 1 is 1.03 bits per heavy atom. The number of methoxy groups -OCH3 is 1. The van der Waals surface area contributed by atoms with Crippen molar-refractivity contribution in [3.05, 3.63) is 82.9 Å². The molecule has 0 aliphatic heterocycles. The lowest BCUT2D eigenvalue weighted by Crippen LogP contribution is -2.40. The predicted molar refractivity (Wildman–Crippen MR) is 132 cm³/mol. The SMILES string of the molecule is COc1cc(/C=N\NC(=O)CN(c2ccc(C)cc2C)S(=O)(=O)c2ccc(C)cc2)ccc1O. The van der Waals surface area contributed by atoms with Gasteiger partial charge in [0, 0.05) is 0 Å². The first-order chi connectivity index (χ1) is 16.1. The molecule has 178 valence electrons. The molecule has 0 saturated heterocycles. The van der Waals surface area contributed by atoms with Crippen LogP contribution in [0.5, 0.6) is 11.5 Å². The third kappa shape index (κ3) is 5.74. The summed E-state index contributed by atoms with van der Waals surface area (Å²) < 4.78 is 33.1. The molecule has 3 rings (SSSR count). The second-order valence-electron chi connectivity index (χ2n) is 7.84. The van der Waals surface area contributed by atoms with Crippen LogP contribution in [0.15, 0.2) is 70.7 Å². The van der Waals surface area contributed by atoms with Crippen molar-refractivity contribution < 1.29 is 23.1 Å². The van der Waals surface area contributed by atoms with Gasteiger partial charge >= 0.3 is 0 Å². The second kappa shape index (κ2) is 10.4. The maximum atomic E-state index is 13.5. The summed E-state index contributed by atoms with van der Waals surface area (Å²) >= 11 is 0. The molecule has 0 radical (unpaired) electrons. The summed E-state index contributed by atoms with van der Waals surface area (Å²) in [4.78, 5) is 12.8. The van der Waals surface area contributed by atoms with Crippen molar-refractivity contribution in [3.63, 3.8) is 0 Å². The molecule has 34 heavy (non-hydrogen) atoms. The first kappa shape index (κ1) is 24.8. The third-order valence-corrected chi connectivity index (χ3v) is 6.90. The highest BCUT2D eigenvalue weighted by molar-refractivity contribution is 7.92. The van der Waals surface area contributed by atoms with Crippen molar-refractivity contribution in [2.24, 2.45) is 5.10 Å². The van der Waals surface area contributed by atoms with Crippen molar-refractivity contribution >= 4 is 27.8 Å². The van der Waals surface area contributed by atoms with Crippen LogP contribution in [-0.2, 0) is 14.8 Å². The first-order valence-electron chi connectivity index (χ1n) is 10.5. The van der Waals surface area contributed by atoms with E-state index >= 15 is 0 Å². The molecule has 1 amide bonds. The molecule has 0 fully saturated rings. The molecule has 9 heteroatoms. The fraction of sp³-hybridized carbons (Fsp3) is 0.200. The van der Waals surface area contributed by atoms with Crippen LogP contribution in [0.25, 0.3) is 0 Å². The number of hydrogen-bond acceptors (Lipinski definition) is 6. The van der Waals surface area contributed by atoms with Crippen molar-refractivity contribution in [1.29, 1.82) is 0 Å². The Kier molecular flexibility index (Phi) is 7.57. The topological polar surface area (TPSA) is 108 Å². The number of nitrogens with zero attached hydrogens (tertiary/aromatic N) is 2. The number of aryl methyl sites for hydroxylation is 3. The van der Waals surface area contributed by atoms with E-state index in [4.69, 9.17) is 4.74 Å². The van der Waals surface area contributed by atoms with Gasteiger partial charge < -0.3 is 9.84 Å². The zero-order valence-corrected chi connectivity index (χ0v) is 20.3. The molecule has 0 aliphatic carbocycles. The minimum Gasteiger partial charge on any atom is -0.504 e. The maximum Gasteiger partial charge on any atom is 0.264 e. The van der Waals surface area contributed by atoms with Crippen molar-refractivity contribution in [2.45, 2.75) is 25.7 Å². The summed E-state index contributed by atoms with van der Waals surface area (Å²) in [6, 6.07) is 16.4. The Hall–Kier alpha value is -3.85. The van der Waals surface area contributed by atoms with Gasteiger partial charge in [0.2, 0.25) is 0 Å². The number of sulfonamides is 1. The first-order valence-corrected chi connectivity index (χ1v) is 11.9. The largest absolute Gasteiger partial charge is 0.504 e. The van der Waals surface area contributed by atoms with Gasteiger partial charge in [0.1, 0.15) is 6.54 Å². The smallest absolute Gasteiger partial charge is 0.264 e. The van der Waals surface area contributed by atoms with E-state index in [-0.39, 0.29) is 16.4 Å². The van der Waals surface area contributed by atoms with Crippen molar-refractivity contribution in [2.75, 3.05) is 18.0 Å². The number of anilines is 1. The summed E-state index contributed by atoms with van der Waals surface area (Å²) in [6.07, 6.45) is 1.37. The Balaban J connectivity index is 1.86. The van der Waals surface area contributed by atoms with Crippen LogP contribution in [0.2, 0.25) is 0 Å². The van der Waals surface area contributed by atoms with Gasteiger partial charge in [-0.05, 0) is 68.3 Å². The average molecular weight is 482 g/mol. The van der Waals surface area contributed by atoms with Crippen LogP contribution >= 0.6 is 0 Å². The van der Waals surface area contributed by atoms with E-state index in [9.17, 15) is 18.3 Å². The second-order valence-corrected chi connectivity index (χ2v) is 9.70. The van der Waals surface area contributed by atoms with E-state index < -0.39 is 22.5 Å². The number of phenolic OH excluding ortho intramolecular Hbond substituents is 1. The molecule has 0 atom stereocenters. The predicted octanol–water partition coefficient (Wildman–Crippen LogP) is 3.67. The standard InChI is InChI=1S/C25H27N3O5S/c1-17-5-9-21(10-6-17)34(31,32)28(22-11-7-18(2)13-19(22)3)16-25(30)27-26-15-20-8-12-23(29)24(14-20)33-4/h5-15,29H,16H2,1-4H3,(H,27,30)/b26-15-. The monoisotopic (exact) mass is 481 g/mol. The van der Waals surface area contributed by atoms with E-state index in [0.29, 0.717) is 11.3 Å². The maximum absolute atomic E-state index is 13.5. The minimum absolute atomic E-state index is 0.0193. The zero-order valence-electron chi connectivity index (χ0n) is 19.4. The summed E-state index contributed by atoms with van der Waals surface area (Å²) in [5.74, 6) is -0.368. The highest BCUT2D eigenvalue weighted by Crippen LogP contribution is 2.28. The lowest BCUT2D eigenvalue weighted by molar-refractivity contribution is -0.119. The molecule has 2 N–H and O–H groups in total. The van der Waals surface area contributed by atoms with Gasteiger partial charge in [-0.25, -0.2) is 13.8 Å². The van der Waals surface area contributed by atoms with Gasteiger partial charge in [0.15, 0.2) is 11.5 Å². The minimum atomic E-state index is -4.02. The highest BCUT2D eigenvalue weighted by Gasteiger charge is 2.28. The number of aromatic hydroxyl groups is 1. The molecular weight excluding hydrogens is 454 g/mol. The van der Waals surface area contributed by atoms with Crippen LogP contribution < -0.4 is 14.5 Å². The number of nitrogens with one attached hydrogen (secondary N) is 1. The lowest BCUT2D eigenvalue weighted by atomic mass is 10.1. The summed E-state index contributed by atoms with van der Waals surface area (Å²) in [5, 5.41) is 13.6. The Morgan fingerprint density at radius 3 is 2.35 bits per heavy atom. The van der Waals surface area contributed by atoms with Crippen LogP contribution in [-0.4, -0.2) is 39.3 Å². The molecule has 0 heterocycles. The fourth-order valence-electron chi connectivity index (χ4n) is 3.34. The summed E-state index contributed by atoms with van der Waals surface area (Å²) in [7, 11) is -2.59. The lowest BCUT2D eigenvalue weighted by Gasteiger charge is -2.25. The molecule has 3 aromatic carbocycles. The van der Waals surface area contributed by atoms with Crippen LogP contribution in [0.4, 0.5) is 5.69 Å². The number of amides is 1. The fourth-order valence-corrected chi connectivity index (χ4v) is 4.83. The van der Waals surface area contributed by atoms with E-state index in [1.165, 1.54) is 31.5 Å². The molecule has 0 saturated carbocycles. The van der Waals surface area contributed by atoms with Crippen molar-refractivity contribution in [3.8, 4) is 11.5 Å².